The van der Waals surface area contributed by atoms with Gasteiger partial charge < -0.3 is 0 Å². The van der Waals surface area contributed by atoms with Gasteiger partial charge >= 0.3 is 0 Å². The normalized spacial score (nSPS) is 8.71. The second kappa shape index (κ2) is 5.89. The first-order valence-electron chi connectivity index (χ1n) is 2.27. The summed E-state index contributed by atoms with van der Waals surface area (Å²) in [7, 11) is 0. The molecule has 0 bridgehead atoms. The van der Waals surface area contributed by atoms with Gasteiger partial charge in [0.05, 0.1) is 6.54 Å². The molecule has 0 spiro atoms. The van der Waals surface area contributed by atoms with E-state index in [1.165, 1.54) is 0 Å². The molecule has 0 aromatic rings. The van der Waals surface area contributed by atoms with Crippen molar-refractivity contribution in [2.45, 2.75) is 12.8 Å². The number of nitrogens with zero attached hydrogens (tertiary/aromatic N) is 1. The lowest BCUT2D eigenvalue weighted by molar-refractivity contribution is 0.809. The predicted octanol–water partition coefficient (Wildman–Crippen LogP) is 1.77. The van der Waals surface area contributed by atoms with Gasteiger partial charge in [0.25, 0.3) is 0 Å². The third kappa shape index (κ3) is 5.89. The summed E-state index contributed by atoms with van der Waals surface area (Å²) in [6, 6.07) is 0. The van der Waals surface area contributed by atoms with Crippen LogP contribution >= 0.6 is 11.6 Å². The molecule has 0 aliphatic rings. The highest BCUT2D eigenvalue weighted by Crippen LogP contribution is 1.90. The lowest BCUT2D eigenvalue weighted by atomic mass is 10.3. The van der Waals surface area contributed by atoms with Crippen LogP contribution in [0.2, 0.25) is 0 Å². The molecule has 0 aliphatic heterocycles. The topological polar surface area (TPSA) is 29.4 Å². The molecule has 0 heterocycles. The van der Waals surface area contributed by atoms with E-state index in [4.69, 9.17) is 11.6 Å². The SMILES string of the molecule is O=NCCCCCl. The molecular weight excluding hydrogens is 114 g/mol. The summed E-state index contributed by atoms with van der Waals surface area (Å²) >= 11 is 5.29. The molecule has 0 unspecified atom stereocenters. The second-order valence-corrected chi connectivity index (χ2v) is 1.63. The van der Waals surface area contributed by atoms with Gasteiger partial charge in [-0.15, -0.1) is 11.6 Å². The first-order chi connectivity index (χ1) is 3.41. The quantitative estimate of drug-likeness (QED) is 0.317. The third-order valence-electron chi connectivity index (χ3n) is 0.633. The van der Waals surface area contributed by atoms with Crippen molar-refractivity contribution in [3.8, 4) is 0 Å². The molecule has 0 fully saturated rings. The van der Waals surface area contributed by atoms with Gasteiger partial charge in [-0.1, -0.05) is 5.18 Å². The Kier molecular flexibility index (Phi) is 5.80. The van der Waals surface area contributed by atoms with E-state index in [2.05, 4.69) is 5.18 Å². The van der Waals surface area contributed by atoms with Crippen molar-refractivity contribution >= 4 is 11.6 Å². The lowest BCUT2D eigenvalue weighted by Crippen LogP contribution is -1.79. The Balaban J connectivity index is 2.56. The first-order valence-corrected chi connectivity index (χ1v) is 2.80. The molecule has 2 nitrogen and oxygen atoms in total. The molecule has 0 aromatic carbocycles. The zero-order valence-corrected chi connectivity index (χ0v) is 4.82. The minimum absolute atomic E-state index is 0.409. The summed E-state index contributed by atoms with van der Waals surface area (Å²) in [4.78, 5) is 9.39. The smallest absolute Gasteiger partial charge is 0.0811 e. The van der Waals surface area contributed by atoms with E-state index in [1.54, 1.807) is 0 Å². The largest absolute Gasteiger partial charge is 0.151 e. The predicted molar refractivity (Wildman–Crippen MR) is 30.6 cm³/mol. The summed E-state index contributed by atoms with van der Waals surface area (Å²) in [6.07, 6.45) is 1.72. The van der Waals surface area contributed by atoms with Crippen LogP contribution < -0.4 is 0 Å². The highest BCUT2D eigenvalue weighted by atomic mass is 35.5. The van der Waals surface area contributed by atoms with Crippen LogP contribution in [0.5, 0.6) is 0 Å². The molecule has 0 saturated carbocycles. The average molecular weight is 122 g/mol. The summed E-state index contributed by atoms with van der Waals surface area (Å²) in [6.45, 7) is 0.409. The summed E-state index contributed by atoms with van der Waals surface area (Å²) in [5, 5.41) is 2.66. The first kappa shape index (κ1) is 6.89. The number of hydrogen-bond donors (Lipinski definition) is 0. The van der Waals surface area contributed by atoms with Gasteiger partial charge in [-0.3, -0.25) is 0 Å². The molecule has 0 atom stereocenters. The number of hydrogen-bond acceptors (Lipinski definition) is 2. The number of nitroso groups, excluding NO2 is 1. The van der Waals surface area contributed by atoms with Crippen LogP contribution in [0.3, 0.4) is 0 Å². The molecule has 0 radical (unpaired) electrons. The zero-order valence-electron chi connectivity index (χ0n) is 4.06. The fourth-order valence-electron chi connectivity index (χ4n) is 0.271. The Morgan fingerprint density at radius 3 is 2.57 bits per heavy atom. The Labute approximate surface area is 47.8 Å². The minimum Gasteiger partial charge on any atom is -0.151 e. The van der Waals surface area contributed by atoms with E-state index in [-0.39, 0.29) is 0 Å². The molecular formula is C4H8ClNO. The van der Waals surface area contributed by atoms with Gasteiger partial charge in [0, 0.05) is 5.88 Å². The van der Waals surface area contributed by atoms with Crippen molar-refractivity contribution in [3.63, 3.8) is 0 Å². The Hall–Kier alpha value is -0.110. The summed E-state index contributed by atoms with van der Waals surface area (Å²) in [5.74, 6) is 0.634. The van der Waals surface area contributed by atoms with Crippen molar-refractivity contribution in [3.05, 3.63) is 4.91 Å². The van der Waals surface area contributed by atoms with E-state index < -0.39 is 0 Å². The Morgan fingerprint density at radius 2 is 2.14 bits per heavy atom. The molecule has 3 heteroatoms. The van der Waals surface area contributed by atoms with Crippen LogP contribution in [-0.4, -0.2) is 12.4 Å². The maximum absolute atomic E-state index is 9.39. The molecule has 0 aliphatic carbocycles. The molecule has 42 valence electrons. The fraction of sp³-hybridized carbons (Fsp3) is 1.00. The van der Waals surface area contributed by atoms with Crippen molar-refractivity contribution in [2.24, 2.45) is 5.18 Å². The second-order valence-electron chi connectivity index (χ2n) is 1.25. The Bertz CT molecular complexity index is 49.0. The van der Waals surface area contributed by atoms with Gasteiger partial charge in [0.2, 0.25) is 0 Å². The maximum Gasteiger partial charge on any atom is 0.0811 e. The van der Waals surface area contributed by atoms with Crippen molar-refractivity contribution < 1.29 is 0 Å². The minimum atomic E-state index is 0.409. The molecule has 0 rings (SSSR count). The van der Waals surface area contributed by atoms with Gasteiger partial charge in [-0.05, 0) is 12.8 Å². The maximum atomic E-state index is 9.39. The van der Waals surface area contributed by atoms with Crippen LogP contribution in [0.4, 0.5) is 0 Å². The van der Waals surface area contributed by atoms with E-state index >= 15 is 0 Å². The van der Waals surface area contributed by atoms with Crippen molar-refractivity contribution in [2.75, 3.05) is 12.4 Å². The highest BCUT2D eigenvalue weighted by Gasteiger charge is 1.81. The van der Waals surface area contributed by atoms with Crippen molar-refractivity contribution in [1.82, 2.24) is 0 Å². The van der Waals surface area contributed by atoms with E-state index in [0.717, 1.165) is 12.8 Å². The number of alkyl halides is 1. The number of halogens is 1. The molecule has 0 saturated heterocycles. The third-order valence-corrected chi connectivity index (χ3v) is 0.900. The van der Waals surface area contributed by atoms with E-state index in [0.29, 0.717) is 12.4 Å². The van der Waals surface area contributed by atoms with E-state index in [9.17, 15) is 4.91 Å². The fourth-order valence-corrected chi connectivity index (χ4v) is 0.460. The van der Waals surface area contributed by atoms with Gasteiger partial charge in [-0.25, -0.2) is 0 Å². The van der Waals surface area contributed by atoms with Crippen LogP contribution in [0.15, 0.2) is 5.18 Å². The molecule has 0 N–H and O–H groups in total. The van der Waals surface area contributed by atoms with E-state index in [1.807, 2.05) is 0 Å². The van der Waals surface area contributed by atoms with Crippen LogP contribution in [0.25, 0.3) is 0 Å². The Morgan fingerprint density at radius 1 is 1.43 bits per heavy atom. The highest BCUT2D eigenvalue weighted by molar-refractivity contribution is 6.17. The number of unbranched alkanes of at least 4 members (excludes halogenated alkanes) is 1. The van der Waals surface area contributed by atoms with Gasteiger partial charge in [0.1, 0.15) is 0 Å². The molecule has 7 heavy (non-hydrogen) atoms. The van der Waals surface area contributed by atoms with Gasteiger partial charge in [0.15, 0.2) is 0 Å². The lowest BCUT2D eigenvalue weighted by Gasteiger charge is -1.83. The molecule has 0 aromatic heterocycles. The van der Waals surface area contributed by atoms with Crippen LogP contribution in [0.1, 0.15) is 12.8 Å². The zero-order chi connectivity index (χ0) is 5.54. The van der Waals surface area contributed by atoms with Crippen molar-refractivity contribution in [1.29, 1.82) is 0 Å². The summed E-state index contributed by atoms with van der Waals surface area (Å²) < 4.78 is 0. The number of rotatable bonds is 4. The standard InChI is InChI=1S/C4H8ClNO/c5-3-1-2-4-6-7/h1-4H2. The average Bonchev–Trinajstić information content (AvgIpc) is 1.69. The summed E-state index contributed by atoms with van der Waals surface area (Å²) in [5.41, 5.74) is 0. The van der Waals surface area contributed by atoms with Gasteiger partial charge in [-0.2, -0.15) is 4.91 Å². The van der Waals surface area contributed by atoms with Crippen LogP contribution in [-0.2, 0) is 0 Å². The monoisotopic (exact) mass is 121 g/mol. The van der Waals surface area contributed by atoms with Crippen LogP contribution in [0, 0.1) is 4.91 Å². The molecule has 0 amide bonds.